The molecule has 21 heavy (non-hydrogen) atoms. The van der Waals surface area contributed by atoms with Crippen LogP contribution in [0.1, 0.15) is 5.56 Å². The summed E-state index contributed by atoms with van der Waals surface area (Å²) in [6.07, 6.45) is 5.76. The molecule has 0 unspecified atom stereocenters. The molecule has 0 spiro atoms. The highest BCUT2D eigenvalue weighted by Crippen LogP contribution is 2.18. The molecule has 2 fully saturated rings. The van der Waals surface area contributed by atoms with Crippen LogP contribution in [0.4, 0.5) is 0 Å². The van der Waals surface area contributed by atoms with Gasteiger partial charge in [-0.2, -0.15) is 5.10 Å². The molecule has 6 nitrogen and oxygen atoms in total. The summed E-state index contributed by atoms with van der Waals surface area (Å²) in [6.45, 7) is 8.03. The van der Waals surface area contributed by atoms with Crippen LogP contribution in [0.5, 0.6) is 0 Å². The van der Waals surface area contributed by atoms with E-state index in [0.717, 1.165) is 25.3 Å². The van der Waals surface area contributed by atoms with Gasteiger partial charge in [0.1, 0.15) is 0 Å². The van der Waals surface area contributed by atoms with Crippen LogP contribution in [-0.4, -0.2) is 81.7 Å². The van der Waals surface area contributed by atoms with Crippen LogP contribution in [0.25, 0.3) is 5.65 Å². The first kappa shape index (κ1) is 13.2. The van der Waals surface area contributed by atoms with Gasteiger partial charge in [0.05, 0.1) is 6.20 Å². The monoisotopic (exact) mass is 286 g/mol. The molecule has 112 valence electrons. The first-order chi connectivity index (χ1) is 10.3. The van der Waals surface area contributed by atoms with Crippen molar-refractivity contribution < 1.29 is 0 Å². The van der Waals surface area contributed by atoms with E-state index in [0.29, 0.717) is 6.04 Å². The zero-order chi connectivity index (χ0) is 14.2. The number of nitrogens with zero attached hydrogens (tertiary/aromatic N) is 6. The van der Waals surface area contributed by atoms with Crippen molar-refractivity contribution in [2.24, 2.45) is 0 Å². The molecule has 0 N–H and O–H groups in total. The van der Waals surface area contributed by atoms with E-state index in [1.54, 1.807) is 0 Å². The second-order valence-electron chi connectivity index (χ2n) is 6.24. The molecular weight excluding hydrogens is 264 g/mol. The Labute approximate surface area is 125 Å². The van der Waals surface area contributed by atoms with Crippen molar-refractivity contribution in [2.75, 3.05) is 46.3 Å². The third-order valence-electron chi connectivity index (χ3n) is 4.73. The molecule has 2 saturated heterocycles. The molecule has 6 heteroatoms. The van der Waals surface area contributed by atoms with Crippen LogP contribution in [0.2, 0.25) is 0 Å². The fraction of sp³-hybridized carbons (Fsp3) is 0.600. The van der Waals surface area contributed by atoms with Gasteiger partial charge in [-0.25, -0.2) is 9.50 Å². The highest BCUT2D eigenvalue weighted by atomic mass is 15.3. The molecule has 0 amide bonds. The van der Waals surface area contributed by atoms with Crippen LogP contribution in [0.3, 0.4) is 0 Å². The van der Waals surface area contributed by atoms with Crippen molar-refractivity contribution in [3.63, 3.8) is 0 Å². The minimum atomic E-state index is 0.673. The van der Waals surface area contributed by atoms with E-state index in [1.807, 2.05) is 29.2 Å². The van der Waals surface area contributed by atoms with E-state index in [4.69, 9.17) is 0 Å². The Morgan fingerprint density at radius 3 is 3.05 bits per heavy atom. The molecule has 1 atom stereocenters. The zero-order valence-corrected chi connectivity index (χ0v) is 12.5. The maximum atomic E-state index is 4.46. The number of rotatable bonds is 2. The first-order valence-electron chi connectivity index (χ1n) is 7.72. The Morgan fingerprint density at radius 1 is 1.19 bits per heavy atom. The second-order valence-corrected chi connectivity index (χ2v) is 6.24. The Morgan fingerprint density at radius 2 is 2.10 bits per heavy atom. The lowest BCUT2D eigenvalue weighted by Crippen LogP contribution is -2.61. The van der Waals surface area contributed by atoms with Crippen molar-refractivity contribution in [1.29, 1.82) is 0 Å². The summed E-state index contributed by atoms with van der Waals surface area (Å²) in [4.78, 5) is 12.1. The van der Waals surface area contributed by atoms with E-state index >= 15 is 0 Å². The molecular formula is C15H22N6. The molecule has 0 aromatic carbocycles. The average Bonchev–Trinajstić information content (AvgIpc) is 2.90. The normalized spacial score (nSPS) is 25.3. The predicted octanol–water partition coefficient (Wildman–Crippen LogP) is 0.161. The summed E-state index contributed by atoms with van der Waals surface area (Å²) in [5.74, 6) is 0. The standard InChI is InChI=1S/C15H22N6/c1-18-5-7-20-8-6-19(12-14(20)11-18)10-13-9-17-21-4-2-3-16-15(13)21/h2-4,9,14H,5-8,10-12H2,1H3/t14-/m0/s1. The van der Waals surface area contributed by atoms with Gasteiger partial charge in [0.25, 0.3) is 0 Å². The summed E-state index contributed by atoms with van der Waals surface area (Å²) in [6, 6.07) is 2.59. The maximum absolute atomic E-state index is 4.46. The smallest absolute Gasteiger partial charge is 0.159 e. The molecule has 0 radical (unpaired) electrons. The van der Waals surface area contributed by atoms with E-state index in [9.17, 15) is 0 Å². The quantitative estimate of drug-likeness (QED) is 0.786. The zero-order valence-electron chi connectivity index (χ0n) is 12.5. The van der Waals surface area contributed by atoms with Crippen LogP contribution in [0, 0.1) is 0 Å². The maximum Gasteiger partial charge on any atom is 0.159 e. The number of hydrogen-bond acceptors (Lipinski definition) is 5. The fourth-order valence-corrected chi connectivity index (χ4v) is 3.55. The minimum Gasteiger partial charge on any atom is -0.303 e. The van der Waals surface area contributed by atoms with E-state index in [-0.39, 0.29) is 0 Å². The molecule has 2 aromatic heterocycles. The summed E-state index contributed by atoms with van der Waals surface area (Å²) in [5.41, 5.74) is 2.22. The molecule has 4 rings (SSSR count). The molecule has 0 bridgehead atoms. The predicted molar refractivity (Wildman–Crippen MR) is 81.1 cm³/mol. The highest BCUT2D eigenvalue weighted by molar-refractivity contribution is 5.45. The van der Waals surface area contributed by atoms with Gasteiger partial charge < -0.3 is 4.90 Å². The molecule has 2 aliphatic rings. The van der Waals surface area contributed by atoms with Crippen molar-refractivity contribution in [3.05, 3.63) is 30.2 Å². The van der Waals surface area contributed by atoms with E-state index in [2.05, 4.69) is 31.8 Å². The number of likely N-dealkylation sites (N-methyl/N-ethyl adjacent to an activating group) is 1. The minimum absolute atomic E-state index is 0.673. The lowest BCUT2D eigenvalue weighted by molar-refractivity contribution is 0.0176. The first-order valence-corrected chi connectivity index (χ1v) is 7.72. The van der Waals surface area contributed by atoms with Crippen LogP contribution in [0.15, 0.2) is 24.7 Å². The molecule has 0 saturated carbocycles. The Hall–Kier alpha value is -1.50. The largest absolute Gasteiger partial charge is 0.303 e. The van der Waals surface area contributed by atoms with Gasteiger partial charge in [-0.05, 0) is 13.1 Å². The molecule has 4 heterocycles. The topological polar surface area (TPSA) is 39.9 Å². The van der Waals surface area contributed by atoms with Gasteiger partial charge in [0.15, 0.2) is 5.65 Å². The van der Waals surface area contributed by atoms with Crippen molar-refractivity contribution >= 4 is 5.65 Å². The van der Waals surface area contributed by atoms with Gasteiger partial charge in [-0.3, -0.25) is 9.80 Å². The Kier molecular flexibility index (Phi) is 3.37. The summed E-state index contributed by atoms with van der Waals surface area (Å²) in [5, 5.41) is 4.39. The van der Waals surface area contributed by atoms with Crippen LogP contribution in [-0.2, 0) is 6.54 Å². The number of hydrogen-bond donors (Lipinski definition) is 0. The van der Waals surface area contributed by atoms with Gasteiger partial charge >= 0.3 is 0 Å². The number of fused-ring (bicyclic) bond motifs is 2. The van der Waals surface area contributed by atoms with Gasteiger partial charge in [-0.1, -0.05) is 0 Å². The summed E-state index contributed by atoms with van der Waals surface area (Å²) < 4.78 is 1.86. The Balaban J connectivity index is 1.48. The van der Waals surface area contributed by atoms with Crippen LogP contribution >= 0.6 is 0 Å². The lowest BCUT2D eigenvalue weighted by Gasteiger charge is -2.46. The molecule has 2 aliphatic heterocycles. The van der Waals surface area contributed by atoms with Crippen molar-refractivity contribution in [2.45, 2.75) is 12.6 Å². The average molecular weight is 286 g/mol. The van der Waals surface area contributed by atoms with E-state index < -0.39 is 0 Å². The molecule has 0 aliphatic carbocycles. The van der Waals surface area contributed by atoms with E-state index in [1.165, 1.54) is 31.7 Å². The van der Waals surface area contributed by atoms with Crippen LogP contribution < -0.4 is 0 Å². The number of aromatic nitrogens is 3. The SMILES string of the molecule is CN1CCN2CCN(Cc3cnn4cccnc34)C[C@@H]2C1. The third kappa shape index (κ3) is 2.54. The Bertz CT molecular complexity index is 623. The highest BCUT2D eigenvalue weighted by Gasteiger charge is 2.31. The molecule has 2 aromatic rings. The lowest BCUT2D eigenvalue weighted by atomic mass is 10.1. The van der Waals surface area contributed by atoms with Crippen molar-refractivity contribution in [3.8, 4) is 0 Å². The van der Waals surface area contributed by atoms with Gasteiger partial charge in [0, 0.05) is 69.8 Å². The van der Waals surface area contributed by atoms with Crippen molar-refractivity contribution in [1.82, 2.24) is 29.3 Å². The number of piperazine rings is 2. The van der Waals surface area contributed by atoms with Gasteiger partial charge in [-0.15, -0.1) is 0 Å². The second kappa shape index (κ2) is 5.36. The fourth-order valence-electron chi connectivity index (χ4n) is 3.55. The van der Waals surface area contributed by atoms with Gasteiger partial charge in [0.2, 0.25) is 0 Å². The summed E-state index contributed by atoms with van der Waals surface area (Å²) >= 11 is 0. The third-order valence-corrected chi connectivity index (χ3v) is 4.73. The summed E-state index contributed by atoms with van der Waals surface area (Å²) in [7, 11) is 2.23.